The summed E-state index contributed by atoms with van der Waals surface area (Å²) in [4.78, 5) is 28.1. The van der Waals surface area contributed by atoms with Crippen molar-refractivity contribution in [3.05, 3.63) is 59.2 Å². The molecule has 7 heteroatoms. The number of aliphatic hydroxyl groups excluding tert-OH is 1. The number of fused-ring (bicyclic) bond motifs is 1. The monoisotopic (exact) mass is 325 g/mol. The van der Waals surface area contributed by atoms with Gasteiger partial charge >= 0.3 is 6.09 Å². The van der Waals surface area contributed by atoms with Gasteiger partial charge in [-0.1, -0.05) is 24.3 Å². The molecule has 0 aliphatic heterocycles. The van der Waals surface area contributed by atoms with Gasteiger partial charge in [0.2, 0.25) is 5.95 Å². The number of amides is 1. The SMILES string of the molecule is Cc1cc(CO)cc2nc(NC(=O)c3ccccc3)n(C(=O)O)c12. The van der Waals surface area contributed by atoms with Crippen LogP contribution < -0.4 is 5.32 Å². The number of anilines is 1. The van der Waals surface area contributed by atoms with Crippen LogP contribution in [0.5, 0.6) is 0 Å². The number of hydrogen-bond donors (Lipinski definition) is 3. The predicted molar refractivity (Wildman–Crippen MR) is 88.2 cm³/mol. The van der Waals surface area contributed by atoms with Gasteiger partial charge in [0.15, 0.2) is 0 Å². The van der Waals surface area contributed by atoms with Crippen LogP contribution in [0.1, 0.15) is 21.5 Å². The molecule has 0 bridgehead atoms. The van der Waals surface area contributed by atoms with Crippen molar-refractivity contribution in [3.8, 4) is 0 Å². The number of nitrogens with one attached hydrogen (secondary N) is 1. The number of carbonyl (C=O) groups is 2. The van der Waals surface area contributed by atoms with Crippen LogP contribution in [0.3, 0.4) is 0 Å². The van der Waals surface area contributed by atoms with E-state index in [0.717, 1.165) is 4.57 Å². The van der Waals surface area contributed by atoms with Crippen LogP contribution in [0.4, 0.5) is 10.7 Å². The molecule has 3 aromatic rings. The zero-order valence-corrected chi connectivity index (χ0v) is 12.9. The van der Waals surface area contributed by atoms with Gasteiger partial charge in [0.05, 0.1) is 17.6 Å². The third-order valence-corrected chi connectivity index (χ3v) is 3.64. The molecule has 0 aliphatic rings. The number of carboxylic acid groups (broad SMARTS) is 1. The fourth-order valence-corrected chi connectivity index (χ4v) is 2.60. The first-order chi connectivity index (χ1) is 11.5. The van der Waals surface area contributed by atoms with E-state index in [4.69, 9.17) is 0 Å². The number of nitrogens with zero attached hydrogens (tertiary/aromatic N) is 2. The molecule has 24 heavy (non-hydrogen) atoms. The molecule has 0 aliphatic carbocycles. The topological polar surface area (TPSA) is 104 Å². The predicted octanol–water partition coefficient (Wildman–Crippen LogP) is 2.62. The van der Waals surface area contributed by atoms with Gasteiger partial charge in [-0.3, -0.25) is 10.1 Å². The number of aryl methyl sites for hydroxylation is 1. The fraction of sp³-hybridized carbons (Fsp3) is 0.118. The van der Waals surface area contributed by atoms with E-state index < -0.39 is 12.0 Å². The molecule has 1 amide bonds. The highest BCUT2D eigenvalue weighted by Crippen LogP contribution is 2.25. The maximum atomic E-state index is 12.3. The molecule has 0 saturated carbocycles. The number of carbonyl (C=O) groups excluding carboxylic acids is 1. The van der Waals surface area contributed by atoms with E-state index in [1.807, 2.05) is 0 Å². The first-order valence-electron chi connectivity index (χ1n) is 7.24. The van der Waals surface area contributed by atoms with E-state index in [2.05, 4.69) is 10.3 Å². The van der Waals surface area contributed by atoms with Gasteiger partial charge in [0.25, 0.3) is 5.91 Å². The zero-order valence-electron chi connectivity index (χ0n) is 12.9. The average molecular weight is 325 g/mol. The lowest BCUT2D eigenvalue weighted by molar-refractivity contribution is 0.102. The van der Waals surface area contributed by atoms with Crippen LogP contribution in [0.25, 0.3) is 11.0 Å². The molecule has 0 unspecified atom stereocenters. The van der Waals surface area contributed by atoms with Gasteiger partial charge in [-0.05, 0) is 36.2 Å². The van der Waals surface area contributed by atoms with Gasteiger partial charge < -0.3 is 10.2 Å². The van der Waals surface area contributed by atoms with Crippen molar-refractivity contribution in [3.63, 3.8) is 0 Å². The molecule has 1 aromatic heterocycles. The molecule has 0 radical (unpaired) electrons. The fourth-order valence-electron chi connectivity index (χ4n) is 2.60. The Hall–Kier alpha value is -3.19. The quantitative estimate of drug-likeness (QED) is 0.686. The van der Waals surface area contributed by atoms with Crippen molar-refractivity contribution in [1.29, 1.82) is 0 Å². The summed E-state index contributed by atoms with van der Waals surface area (Å²) in [6.07, 6.45) is -1.25. The second kappa shape index (κ2) is 6.13. The van der Waals surface area contributed by atoms with Gasteiger partial charge in [-0.25, -0.2) is 14.3 Å². The Labute approximate surface area is 137 Å². The van der Waals surface area contributed by atoms with Crippen LogP contribution in [0.15, 0.2) is 42.5 Å². The third kappa shape index (κ3) is 2.72. The Balaban J connectivity index is 2.10. The standard InChI is InChI=1S/C17H15N3O4/c1-10-7-11(9-21)8-13-14(10)20(17(23)24)16(18-13)19-15(22)12-5-3-2-4-6-12/h2-8,21H,9H2,1H3,(H,23,24)(H,18,19,22). The van der Waals surface area contributed by atoms with Gasteiger partial charge in [0.1, 0.15) is 0 Å². The lowest BCUT2D eigenvalue weighted by Crippen LogP contribution is -2.19. The summed E-state index contributed by atoms with van der Waals surface area (Å²) in [5.41, 5.74) is 2.43. The minimum atomic E-state index is -1.25. The van der Waals surface area contributed by atoms with Gasteiger partial charge in [-0.15, -0.1) is 0 Å². The lowest BCUT2D eigenvalue weighted by atomic mass is 10.1. The molecule has 3 N–H and O–H groups in total. The van der Waals surface area contributed by atoms with Crippen molar-refractivity contribution in [2.75, 3.05) is 5.32 Å². The first-order valence-corrected chi connectivity index (χ1v) is 7.24. The summed E-state index contributed by atoms with van der Waals surface area (Å²) in [7, 11) is 0. The summed E-state index contributed by atoms with van der Waals surface area (Å²) in [6, 6.07) is 11.7. The van der Waals surface area contributed by atoms with E-state index in [1.54, 1.807) is 49.4 Å². The molecule has 2 aromatic carbocycles. The maximum Gasteiger partial charge on any atom is 0.418 e. The minimum Gasteiger partial charge on any atom is -0.464 e. The summed E-state index contributed by atoms with van der Waals surface area (Å²) in [5, 5.41) is 21.3. The summed E-state index contributed by atoms with van der Waals surface area (Å²) in [5.74, 6) is -0.530. The van der Waals surface area contributed by atoms with Crippen molar-refractivity contribution in [1.82, 2.24) is 9.55 Å². The van der Waals surface area contributed by atoms with Crippen LogP contribution >= 0.6 is 0 Å². The molecule has 0 atom stereocenters. The number of hydrogen-bond acceptors (Lipinski definition) is 4. The summed E-state index contributed by atoms with van der Waals surface area (Å²) < 4.78 is 0.937. The highest BCUT2D eigenvalue weighted by molar-refractivity contribution is 6.05. The smallest absolute Gasteiger partial charge is 0.418 e. The summed E-state index contributed by atoms with van der Waals surface area (Å²) in [6.45, 7) is 1.55. The van der Waals surface area contributed by atoms with Gasteiger partial charge in [-0.2, -0.15) is 0 Å². The molecular weight excluding hydrogens is 310 g/mol. The van der Waals surface area contributed by atoms with Crippen molar-refractivity contribution < 1.29 is 19.8 Å². The average Bonchev–Trinajstić information content (AvgIpc) is 2.94. The number of aliphatic hydroxyl groups is 1. The number of imidazole rings is 1. The van der Waals surface area contributed by atoms with E-state index in [1.165, 1.54) is 0 Å². The number of rotatable bonds is 3. The Kier molecular flexibility index (Phi) is 4.01. The molecule has 0 saturated heterocycles. The van der Waals surface area contributed by atoms with E-state index in [0.29, 0.717) is 27.7 Å². The number of benzene rings is 2. The zero-order chi connectivity index (χ0) is 17.3. The highest BCUT2D eigenvalue weighted by Gasteiger charge is 2.20. The van der Waals surface area contributed by atoms with Crippen molar-refractivity contribution in [2.24, 2.45) is 0 Å². The van der Waals surface area contributed by atoms with E-state index >= 15 is 0 Å². The van der Waals surface area contributed by atoms with Gasteiger partial charge in [0, 0.05) is 5.56 Å². The largest absolute Gasteiger partial charge is 0.464 e. The minimum absolute atomic E-state index is 0.0791. The van der Waals surface area contributed by atoms with Crippen LogP contribution in [0, 0.1) is 6.92 Å². The molecule has 0 spiro atoms. The Morgan fingerprint density at radius 3 is 2.54 bits per heavy atom. The second-order valence-corrected chi connectivity index (χ2v) is 5.31. The molecule has 7 nitrogen and oxygen atoms in total. The van der Waals surface area contributed by atoms with E-state index in [-0.39, 0.29) is 12.6 Å². The molecule has 0 fully saturated rings. The normalized spacial score (nSPS) is 10.8. The third-order valence-electron chi connectivity index (χ3n) is 3.64. The first kappa shape index (κ1) is 15.7. The molecular formula is C17H15N3O4. The van der Waals surface area contributed by atoms with Crippen LogP contribution in [-0.4, -0.2) is 31.8 Å². The second-order valence-electron chi connectivity index (χ2n) is 5.31. The Morgan fingerprint density at radius 1 is 1.21 bits per heavy atom. The van der Waals surface area contributed by atoms with Crippen molar-refractivity contribution >= 4 is 29.0 Å². The Morgan fingerprint density at radius 2 is 1.92 bits per heavy atom. The van der Waals surface area contributed by atoms with Crippen LogP contribution in [0.2, 0.25) is 0 Å². The summed E-state index contributed by atoms with van der Waals surface area (Å²) >= 11 is 0. The molecule has 1 heterocycles. The highest BCUT2D eigenvalue weighted by atomic mass is 16.4. The lowest BCUT2D eigenvalue weighted by Gasteiger charge is -2.07. The maximum absolute atomic E-state index is 12.3. The van der Waals surface area contributed by atoms with E-state index in [9.17, 15) is 19.8 Å². The van der Waals surface area contributed by atoms with Crippen molar-refractivity contribution in [2.45, 2.75) is 13.5 Å². The van der Waals surface area contributed by atoms with Crippen LogP contribution in [-0.2, 0) is 6.61 Å². The Bertz CT molecular complexity index is 932. The molecule has 3 rings (SSSR count). The molecule has 122 valence electrons. The number of aromatic nitrogens is 2.